The van der Waals surface area contributed by atoms with Crippen LogP contribution in [0.4, 0.5) is 13.2 Å². The summed E-state index contributed by atoms with van der Waals surface area (Å²) in [6, 6.07) is -2.59. The van der Waals surface area contributed by atoms with Crippen molar-refractivity contribution >= 4 is 64.2 Å². The summed E-state index contributed by atoms with van der Waals surface area (Å²) in [6.07, 6.45) is -5.29. The van der Waals surface area contributed by atoms with E-state index >= 15 is 0 Å². The zero-order chi connectivity index (χ0) is 44.3. The van der Waals surface area contributed by atoms with E-state index in [0.717, 1.165) is 6.92 Å². The highest BCUT2D eigenvalue weighted by Gasteiger charge is 2.34. The number of hydrogen-bond acceptors (Lipinski definition) is 11. The number of nitrogens with two attached hydrogens (primary N) is 2. The van der Waals surface area contributed by atoms with E-state index in [2.05, 4.69) is 37.2 Å². The second-order valence-corrected chi connectivity index (χ2v) is 14.8. The minimum atomic E-state index is -4.66. The third-order valence-electron chi connectivity index (χ3n) is 7.91. The lowest BCUT2D eigenvalue weighted by atomic mass is 10.0. The van der Waals surface area contributed by atoms with Gasteiger partial charge in [-0.15, -0.1) is 0 Å². The van der Waals surface area contributed by atoms with Crippen LogP contribution in [0.1, 0.15) is 65.9 Å². The summed E-state index contributed by atoms with van der Waals surface area (Å²) in [4.78, 5) is 103. The van der Waals surface area contributed by atoms with Crippen molar-refractivity contribution in [2.24, 2.45) is 17.4 Å². The first-order valence-corrected chi connectivity index (χ1v) is 19.0. The van der Waals surface area contributed by atoms with Crippen molar-refractivity contribution in [1.29, 1.82) is 5.41 Å². The Morgan fingerprint density at radius 3 is 1.79 bits per heavy atom. The quantitative estimate of drug-likeness (QED) is 0.0356. The van der Waals surface area contributed by atoms with Crippen LogP contribution in [-0.4, -0.2) is 112 Å². The average molecular weight is 847 g/mol. The fourth-order valence-electron chi connectivity index (χ4n) is 5.11. The lowest BCUT2D eigenvalue weighted by Gasteiger charge is -2.27. The van der Waals surface area contributed by atoms with Crippen molar-refractivity contribution in [2.75, 3.05) is 12.3 Å². The number of aromatic hydroxyl groups is 1. The van der Waals surface area contributed by atoms with E-state index in [1.54, 1.807) is 0 Å². The van der Waals surface area contributed by atoms with Gasteiger partial charge in [0.2, 0.25) is 46.5 Å². The van der Waals surface area contributed by atoms with Crippen LogP contribution in [0.3, 0.4) is 0 Å². The molecule has 13 N–H and O–H groups in total. The Labute approximate surface area is 337 Å². The van der Waals surface area contributed by atoms with Crippen molar-refractivity contribution in [1.82, 2.24) is 37.2 Å². The lowest BCUT2D eigenvalue weighted by Crippen LogP contribution is -2.59. The van der Waals surface area contributed by atoms with Gasteiger partial charge in [-0.1, -0.05) is 37.7 Å². The molecule has 0 saturated heterocycles. The molecule has 0 radical (unpaired) electrons. The van der Waals surface area contributed by atoms with E-state index in [0.29, 0.717) is 5.56 Å². The van der Waals surface area contributed by atoms with Crippen LogP contribution in [0.2, 0.25) is 0 Å². The number of guanidine groups is 1. The Morgan fingerprint density at radius 1 is 0.741 bits per heavy atom. The summed E-state index contributed by atoms with van der Waals surface area (Å²) in [6.45, 7) is 7.28. The minimum Gasteiger partial charge on any atom is -0.508 e. The number of nitrogens with one attached hydrogen (secondary N) is 8. The molecule has 0 bridgehead atoms. The number of carbonyl (C=O) groups excluding carboxylic acids is 8. The number of rotatable bonds is 23. The van der Waals surface area contributed by atoms with Crippen molar-refractivity contribution in [3.63, 3.8) is 0 Å². The Kier molecular flexibility index (Phi) is 21.1. The Morgan fingerprint density at radius 2 is 1.26 bits per heavy atom. The fraction of sp³-hybridized carbons (Fsp3) is 0.571. The summed E-state index contributed by atoms with van der Waals surface area (Å²) in [5.74, 6) is -8.13. The van der Waals surface area contributed by atoms with Crippen LogP contribution in [0.5, 0.6) is 5.75 Å². The number of phenolic OH excluding ortho intramolecular Hbond substituents is 1. The minimum absolute atomic E-state index is 0.0354. The molecule has 0 fully saturated rings. The van der Waals surface area contributed by atoms with E-state index < -0.39 is 101 Å². The largest absolute Gasteiger partial charge is 0.508 e. The van der Waals surface area contributed by atoms with Crippen molar-refractivity contribution in [2.45, 2.75) is 109 Å². The fourth-order valence-corrected chi connectivity index (χ4v) is 5.72. The molecule has 0 aliphatic carbocycles. The molecule has 0 heterocycles. The van der Waals surface area contributed by atoms with Gasteiger partial charge in [0.1, 0.15) is 36.0 Å². The van der Waals surface area contributed by atoms with Gasteiger partial charge in [0, 0.05) is 19.9 Å². The first kappa shape index (κ1) is 50.4. The molecule has 1 aromatic rings. The lowest BCUT2D eigenvalue weighted by molar-refractivity contribution is -0.135. The number of amides is 7. The highest BCUT2D eigenvalue weighted by molar-refractivity contribution is 8.13. The smallest absolute Gasteiger partial charge is 0.398 e. The number of benzene rings is 1. The summed E-state index contributed by atoms with van der Waals surface area (Å²) in [7, 11) is 0. The predicted octanol–water partition coefficient (Wildman–Crippen LogP) is -1.09. The van der Waals surface area contributed by atoms with Crippen molar-refractivity contribution in [3.05, 3.63) is 29.8 Å². The van der Waals surface area contributed by atoms with Crippen LogP contribution < -0.4 is 48.7 Å². The first-order chi connectivity index (χ1) is 26.9. The Hall–Kier alpha value is -5.61. The predicted molar refractivity (Wildman–Crippen MR) is 206 cm³/mol. The van der Waals surface area contributed by atoms with E-state index in [9.17, 15) is 56.6 Å². The van der Waals surface area contributed by atoms with Crippen molar-refractivity contribution < 1.29 is 56.6 Å². The van der Waals surface area contributed by atoms with Crippen LogP contribution in [0.15, 0.2) is 24.3 Å². The van der Waals surface area contributed by atoms with Gasteiger partial charge in [0.25, 0.3) is 0 Å². The van der Waals surface area contributed by atoms with Gasteiger partial charge in [-0.2, -0.15) is 13.2 Å². The maximum Gasteiger partial charge on any atom is 0.398 e. The molecule has 324 valence electrons. The standard InChI is InChI=1S/C35H53F3N10O9S/c1-17(2)13-24(45-20(5)49)31(55)48-25(14-21-8-10-22(50)11-9-21)32(56)46-23(7-6-12-42-34(40)41)29(53)43-18(3)28(52)47-26(15-27(39)51)30(54)44-19(4)33(57)58-16-35(36,37)38/h8-11,17-19,23-26,50H,6-7,12-16H2,1-5H3,(H2,39,51)(H,43,53)(H,44,54)(H,45,49)(H,46,56)(H,47,52)(H,48,55)(H4,40,41,42)/t18-,19-,23-,24-,25-,26-/m0/s1. The maximum atomic E-state index is 13.9. The normalized spacial score (nSPS) is 14.3. The molecule has 0 saturated carbocycles. The van der Waals surface area contributed by atoms with Crippen LogP contribution in [0.25, 0.3) is 0 Å². The summed E-state index contributed by atoms with van der Waals surface area (Å²) in [5, 5.41) is 33.1. The number of thioether (sulfide) groups is 1. The van der Waals surface area contributed by atoms with Gasteiger partial charge >= 0.3 is 6.18 Å². The molecule has 0 aliphatic heterocycles. The third-order valence-corrected chi connectivity index (χ3v) is 9.02. The highest BCUT2D eigenvalue weighted by atomic mass is 32.2. The highest BCUT2D eigenvalue weighted by Crippen LogP contribution is 2.22. The van der Waals surface area contributed by atoms with Gasteiger partial charge < -0.3 is 53.8 Å². The maximum absolute atomic E-state index is 13.9. The number of hydrogen-bond donors (Lipinski definition) is 11. The zero-order valence-electron chi connectivity index (χ0n) is 32.7. The number of alkyl halides is 3. The first-order valence-electron chi connectivity index (χ1n) is 18.0. The van der Waals surface area contributed by atoms with Crippen molar-refractivity contribution in [3.8, 4) is 5.75 Å². The molecule has 1 rings (SSSR count). The molecular formula is C35H53F3N10O9S. The molecule has 58 heavy (non-hydrogen) atoms. The zero-order valence-corrected chi connectivity index (χ0v) is 33.5. The molecule has 6 atom stereocenters. The topological polar surface area (TPSA) is 317 Å². The van der Waals surface area contributed by atoms with Gasteiger partial charge in [-0.3, -0.25) is 43.8 Å². The summed E-state index contributed by atoms with van der Waals surface area (Å²) in [5.41, 5.74) is 11.1. The Balaban J connectivity index is 3.28. The molecule has 1 aromatic carbocycles. The molecule has 7 amide bonds. The van der Waals surface area contributed by atoms with E-state index in [1.807, 2.05) is 13.8 Å². The van der Waals surface area contributed by atoms with Gasteiger partial charge in [0.15, 0.2) is 5.96 Å². The van der Waals surface area contributed by atoms with E-state index in [4.69, 9.17) is 16.9 Å². The van der Waals surface area contributed by atoms with Crippen LogP contribution in [0, 0.1) is 11.3 Å². The monoisotopic (exact) mass is 846 g/mol. The molecule has 0 spiro atoms. The number of phenols is 1. The number of carbonyl (C=O) groups is 8. The van der Waals surface area contributed by atoms with Crippen LogP contribution in [-0.2, 0) is 44.8 Å². The SMILES string of the molecule is CC(=O)N[C@@H](CC(C)C)C(=O)N[C@@H](Cc1ccc(O)cc1)C(=O)N[C@@H](CCCNC(=N)N)C(=O)N[C@@H](C)C(=O)N[C@@H](CC(N)=O)C(=O)N[C@@H](C)C(=O)SCC(F)(F)F. The second-order valence-electron chi connectivity index (χ2n) is 13.8. The number of halogens is 3. The van der Waals surface area contributed by atoms with Gasteiger partial charge in [0.05, 0.1) is 18.2 Å². The van der Waals surface area contributed by atoms with Crippen LogP contribution >= 0.6 is 11.8 Å². The third kappa shape index (κ3) is 20.5. The number of primary amides is 1. The second kappa shape index (κ2) is 24.2. The molecule has 23 heteroatoms. The Bertz CT molecular complexity index is 1630. The molecule has 0 aromatic heterocycles. The average Bonchev–Trinajstić information content (AvgIpc) is 3.10. The van der Waals surface area contributed by atoms with Gasteiger partial charge in [-0.25, -0.2) is 0 Å². The van der Waals surface area contributed by atoms with E-state index in [1.165, 1.54) is 38.1 Å². The molecule has 0 aliphatic rings. The van der Waals surface area contributed by atoms with Gasteiger partial charge in [-0.05, 0) is 56.7 Å². The summed E-state index contributed by atoms with van der Waals surface area (Å²) >= 11 is -0.0906. The summed E-state index contributed by atoms with van der Waals surface area (Å²) < 4.78 is 37.7. The molecular weight excluding hydrogens is 794 g/mol. The molecule has 19 nitrogen and oxygen atoms in total. The molecule has 0 unspecified atom stereocenters. The van der Waals surface area contributed by atoms with E-state index in [-0.39, 0.29) is 61.6 Å².